The third-order valence-corrected chi connectivity index (χ3v) is 3.79. The van der Waals surface area contributed by atoms with E-state index in [0.717, 1.165) is 16.7 Å². The van der Waals surface area contributed by atoms with Crippen LogP contribution in [0.4, 0.5) is 11.8 Å². The van der Waals surface area contributed by atoms with Gasteiger partial charge in [0, 0.05) is 0 Å². The lowest BCUT2D eigenvalue weighted by atomic mass is 10.1. The van der Waals surface area contributed by atoms with Crippen molar-refractivity contribution in [3.8, 4) is 5.75 Å². The van der Waals surface area contributed by atoms with Gasteiger partial charge in [0.2, 0.25) is 5.89 Å². The van der Waals surface area contributed by atoms with Crippen molar-refractivity contribution in [3.63, 3.8) is 0 Å². The van der Waals surface area contributed by atoms with Crippen LogP contribution in [-0.2, 0) is 6.42 Å². The van der Waals surface area contributed by atoms with Crippen molar-refractivity contribution in [2.75, 3.05) is 5.32 Å². The van der Waals surface area contributed by atoms with E-state index in [1.807, 2.05) is 44.2 Å². The molecule has 2 N–H and O–H groups in total. The molecular formula is C17H18N4O2. The highest BCUT2D eigenvalue weighted by molar-refractivity contribution is 5.58. The monoisotopic (exact) mass is 310 g/mol. The molecule has 0 aliphatic rings. The Morgan fingerprint density at radius 1 is 1.04 bits per heavy atom. The Kier molecular flexibility index (Phi) is 3.97. The second kappa shape index (κ2) is 6.08. The third-order valence-electron chi connectivity index (χ3n) is 3.79. The molecule has 0 saturated carbocycles. The number of hydrogen-bond acceptors (Lipinski definition) is 6. The first-order valence-corrected chi connectivity index (χ1v) is 7.34. The number of aryl methyl sites for hydroxylation is 1. The Hall–Kier alpha value is -2.89. The van der Waals surface area contributed by atoms with Gasteiger partial charge in [-0.15, -0.1) is 5.10 Å². The van der Waals surface area contributed by atoms with Gasteiger partial charge >= 0.3 is 6.01 Å². The van der Waals surface area contributed by atoms with Gasteiger partial charge in [-0.1, -0.05) is 35.4 Å². The van der Waals surface area contributed by atoms with Crippen LogP contribution in [0.5, 0.6) is 5.75 Å². The fraction of sp³-hybridized carbons (Fsp3) is 0.235. The Morgan fingerprint density at radius 2 is 1.78 bits per heavy atom. The second-order valence-corrected chi connectivity index (χ2v) is 5.43. The summed E-state index contributed by atoms with van der Waals surface area (Å²) >= 11 is 0. The van der Waals surface area contributed by atoms with E-state index >= 15 is 0 Å². The van der Waals surface area contributed by atoms with Gasteiger partial charge in [-0.25, -0.2) is 4.98 Å². The molecule has 0 atom stereocenters. The lowest BCUT2D eigenvalue weighted by Crippen LogP contribution is -2.01. The summed E-state index contributed by atoms with van der Waals surface area (Å²) in [6.07, 6.45) is 0.579. The summed E-state index contributed by atoms with van der Waals surface area (Å²) in [5.41, 5.74) is 3.29. The average Bonchev–Trinajstić information content (AvgIpc) is 2.98. The largest absolute Gasteiger partial charge is 0.506 e. The molecule has 2 aromatic heterocycles. The van der Waals surface area contributed by atoms with Gasteiger partial charge in [-0.2, -0.15) is 0 Å². The van der Waals surface area contributed by atoms with E-state index < -0.39 is 0 Å². The van der Waals surface area contributed by atoms with Crippen LogP contribution in [0, 0.1) is 20.8 Å². The number of pyridine rings is 1. The van der Waals surface area contributed by atoms with Crippen molar-refractivity contribution in [2.45, 2.75) is 27.2 Å². The summed E-state index contributed by atoms with van der Waals surface area (Å²) in [7, 11) is 0. The van der Waals surface area contributed by atoms with Gasteiger partial charge in [0.15, 0.2) is 0 Å². The molecule has 0 amide bonds. The summed E-state index contributed by atoms with van der Waals surface area (Å²) in [5, 5.41) is 21.0. The molecule has 0 saturated heterocycles. The van der Waals surface area contributed by atoms with E-state index in [9.17, 15) is 5.11 Å². The third kappa shape index (κ3) is 3.15. The first-order valence-electron chi connectivity index (χ1n) is 7.34. The minimum atomic E-state index is 0.211. The number of benzene rings is 1. The molecule has 3 rings (SSSR count). The van der Waals surface area contributed by atoms with Crippen LogP contribution >= 0.6 is 0 Å². The topological polar surface area (TPSA) is 84.1 Å². The number of hydrogen-bond donors (Lipinski definition) is 2. The smallest absolute Gasteiger partial charge is 0.321 e. The number of aromatic nitrogens is 3. The number of nitrogens with one attached hydrogen (secondary N) is 1. The molecule has 1 aromatic carbocycles. The molecule has 0 aliphatic carbocycles. The van der Waals surface area contributed by atoms with Gasteiger partial charge in [-0.3, -0.25) is 5.32 Å². The highest BCUT2D eigenvalue weighted by Crippen LogP contribution is 2.29. The second-order valence-electron chi connectivity index (χ2n) is 5.43. The molecule has 0 spiro atoms. The molecule has 0 bridgehead atoms. The van der Waals surface area contributed by atoms with E-state index in [1.165, 1.54) is 0 Å². The average molecular weight is 310 g/mol. The van der Waals surface area contributed by atoms with Crippen molar-refractivity contribution in [2.24, 2.45) is 0 Å². The lowest BCUT2D eigenvalue weighted by Gasteiger charge is -2.11. The number of aromatic hydroxyl groups is 1. The number of nitrogens with zero attached hydrogens (tertiary/aromatic N) is 3. The van der Waals surface area contributed by atoms with Crippen molar-refractivity contribution in [3.05, 3.63) is 58.6 Å². The van der Waals surface area contributed by atoms with Crippen LogP contribution < -0.4 is 5.32 Å². The number of rotatable bonds is 4. The van der Waals surface area contributed by atoms with Crippen LogP contribution in [-0.4, -0.2) is 20.3 Å². The van der Waals surface area contributed by atoms with Crippen LogP contribution in [0.25, 0.3) is 0 Å². The summed E-state index contributed by atoms with van der Waals surface area (Å²) in [6.45, 7) is 5.48. The Morgan fingerprint density at radius 3 is 2.52 bits per heavy atom. The molecule has 0 radical (unpaired) electrons. The molecule has 3 aromatic rings. The summed E-state index contributed by atoms with van der Waals surface area (Å²) in [4.78, 5) is 4.33. The van der Waals surface area contributed by atoms with Crippen LogP contribution in [0.1, 0.15) is 28.3 Å². The van der Waals surface area contributed by atoms with Crippen molar-refractivity contribution in [1.82, 2.24) is 15.2 Å². The molecule has 2 heterocycles. The normalized spacial score (nSPS) is 10.7. The lowest BCUT2D eigenvalue weighted by molar-refractivity contribution is 0.462. The maximum absolute atomic E-state index is 9.90. The van der Waals surface area contributed by atoms with Crippen molar-refractivity contribution >= 4 is 11.8 Å². The molecule has 0 fully saturated rings. The van der Waals surface area contributed by atoms with Gasteiger partial charge in [0.05, 0.1) is 12.1 Å². The Bertz CT molecular complexity index is 828. The zero-order valence-electron chi connectivity index (χ0n) is 13.3. The molecule has 6 heteroatoms. The highest BCUT2D eigenvalue weighted by Gasteiger charge is 2.14. The van der Waals surface area contributed by atoms with Crippen LogP contribution in [0.15, 0.2) is 34.7 Å². The molecule has 118 valence electrons. The van der Waals surface area contributed by atoms with Crippen LogP contribution in [0.3, 0.4) is 0 Å². The molecule has 23 heavy (non-hydrogen) atoms. The maximum Gasteiger partial charge on any atom is 0.321 e. The minimum absolute atomic E-state index is 0.211. The fourth-order valence-electron chi connectivity index (χ4n) is 2.30. The quantitative estimate of drug-likeness (QED) is 0.768. The van der Waals surface area contributed by atoms with E-state index in [1.54, 1.807) is 6.92 Å². The minimum Gasteiger partial charge on any atom is -0.506 e. The van der Waals surface area contributed by atoms with Gasteiger partial charge < -0.3 is 9.52 Å². The van der Waals surface area contributed by atoms with Crippen molar-refractivity contribution < 1.29 is 9.52 Å². The summed E-state index contributed by atoms with van der Waals surface area (Å²) in [5.74, 6) is 1.35. The molecular weight excluding hydrogens is 292 g/mol. The SMILES string of the molecule is Cc1nc(Nc2nnc(Cc3ccccc3)o2)c(C)c(C)c1O. The predicted molar refractivity (Wildman–Crippen MR) is 86.9 cm³/mol. The van der Waals surface area contributed by atoms with Gasteiger partial charge in [0.25, 0.3) is 0 Å². The summed E-state index contributed by atoms with van der Waals surface area (Å²) in [6, 6.07) is 10.2. The zero-order chi connectivity index (χ0) is 16.4. The highest BCUT2D eigenvalue weighted by atomic mass is 16.4. The van der Waals surface area contributed by atoms with Crippen molar-refractivity contribution in [1.29, 1.82) is 0 Å². The Balaban J connectivity index is 1.80. The maximum atomic E-state index is 9.90. The van der Waals surface area contributed by atoms with Crippen LogP contribution in [0.2, 0.25) is 0 Å². The zero-order valence-corrected chi connectivity index (χ0v) is 13.3. The molecule has 0 unspecified atom stereocenters. The Labute approximate surface area is 134 Å². The number of anilines is 2. The van der Waals surface area contributed by atoms with E-state index in [4.69, 9.17) is 4.42 Å². The summed E-state index contributed by atoms with van der Waals surface area (Å²) < 4.78 is 5.62. The molecule has 0 aliphatic heterocycles. The predicted octanol–water partition coefficient (Wildman–Crippen LogP) is 3.43. The fourth-order valence-corrected chi connectivity index (χ4v) is 2.30. The van der Waals surface area contributed by atoms with E-state index in [-0.39, 0.29) is 11.8 Å². The van der Waals surface area contributed by atoms with E-state index in [0.29, 0.717) is 23.8 Å². The first-order chi connectivity index (χ1) is 11.0. The van der Waals surface area contributed by atoms with Gasteiger partial charge in [-0.05, 0) is 37.5 Å². The van der Waals surface area contributed by atoms with Gasteiger partial charge in [0.1, 0.15) is 11.6 Å². The van der Waals surface area contributed by atoms with E-state index in [2.05, 4.69) is 20.5 Å². The standard InChI is InChI=1S/C17H18N4O2/c1-10-11(2)16(18-12(3)15(10)22)19-17-21-20-14(23-17)9-13-7-5-4-6-8-13/h4-8,22H,9H2,1-3H3,(H,18,19,21). The first kappa shape index (κ1) is 15.0. The molecule has 6 nitrogen and oxygen atoms in total.